The van der Waals surface area contributed by atoms with E-state index in [-0.39, 0.29) is 11.6 Å². The van der Waals surface area contributed by atoms with Crippen LogP contribution in [0.4, 0.5) is 0 Å². The predicted octanol–water partition coefficient (Wildman–Crippen LogP) is -1.01. The quantitative estimate of drug-likeness (QED) is 0.696. The molecule has 0 unspecified atom stereocenters. The Labute approximate surface area is 94.6 Å². The van der Waals surface area contributed by atoms with Gasteiger partial charge in [0.15, 0.2) is 11.2 Å². The lowest BCUT2D eigenvalue weighted by Crippen LogP contribution is -2.23. The predicted molar refractivity (Wildman–Crippen MR) is 57.7 cm³/mol. The standard InChI is InChI=1S/C9H11N5O3/c15-8-6-7(10-9(16)11-8)14(13-12-6)4-5-2-1-3-17-5/h5H,1-4H2,(H2,10,11,15,16)/t5-/m1/s1. The van der Waals surface area contributed by atoms with Gasteiger partial charge in [-0.15, -0.1) is 5.10 Å². The fraction of sp³-hybridized carbons (Fsp3) is 0.556. The summed E-state index contributed by atoms with van der Waals surface area (Å²) in [7, 11) is 0. The number of aromatic nitrogens is 5. The van der Waals surface area contributed by atoms with Crippen LogP contribution in [0.5, 0.6) is 0 Å². The molecule has 0 aliphatic carbocycles. The Morgan fingerprint density at radius 3 is 3.06 bits per heavy atom. The van der Waals surface area contributed by atoms with E-state index in [0.29, 0.717) is 12.2 Å². The van der Waals surface area contributed by atoms with Gasteiger partial charge in [0, 0.05) is 6.61 Å². The molecule has 1 aliphatic rings. The van der Waals surface area contributed by atoms with Gasteiger partial charge in [0.25, 0.3) is 5.56 Å². The molecule has 0 amide bonds. The lowest BCUT2D eigenvalue weighted by molar-refractivity contribution is 0.0944. The molecule has 3 rings (SSSR count). The van der Waals surface area contributed by atoms with Crippen molar-refractivity contribution < 1.29 is 4.74 Å². The minimum absolute atomic E-state index is 0.0719. The fourth-order valence-corrected chi connectivity index (χ4v) is 2.00. The minimum atomic E-state index is -0.557. The Balaban J connectivity index is 2.05. The molecule has 2 aromatic heterocycles. The van der Waals surface area contributed by atoms with Gasteiger partial charge in [0.2, 0.25) is 0 Å². The molecule has 0 bridgehead atoms. The summed E-state index contributed by atoms with van der Waals surface area (Å²) in [5.41, 5.74) is -0.599. The average molecular weight is 237 g/mol. The van der Waals surface area contributed by atoms with Crippen LogP contribution in [0.1, 0.15) is 12.8 Å². The van der Waals surface area contributed by atoms with Gasteiger partial charge >= 0.3 is 5.69 Å². The largest absolute Gasteiger partial charge is 0.376 e. The molecule has 1 atom stereocenters. The van der Waals surface area contributed by atoms with Crippen LogP contribution in [0.3, 0.4) is 0 Å². The summed E-state index contributed by atoms with van der Waals surface area (Å²) in [6.45, 7) is 1.24. The number of hydrogen-bond acceptors (Lipinski definition) is 5. The maximum atomic E-state index is 11.4. The van der Waals surface area contributed by atoms with E-state index in [1.807, 2.05) is 0 Å². The molecule has 2 N–H and O–H groups in total. The van der Waals surface area contributed by atoms with Crippen molar-refractivity contribution >= 4 is 11.2 Å². The third-order valence-electron chi connectivity index (χ3n) is 2.81. The Morgan fingerprint density at radius 2 is 2.29 bits per heavy atom. The lowest BCUT2D eigenvalue weighted by Gasteiger charge is -2.08. The van der Waals surface area contributed by atoms with Crippen molar-refractivity contribution in [2.75, 3.05) is 6.61 Å². The number of H-pyrrole nitrogens is 2. The number of hydrogen-bond donors (Lipinski definition) is 2. The molecule has 1 saturated heterocycles. The van der Waals surface area contributed by atoms with Gasteiger partial charge in [-0.3, -0.25) is 14.8 Å². The number of ether oxygens (including phenoxy) is 1. The third kappa shape index (κ3) is 1.76. The molecular formula is C9H11N5O3. The second-order valence-corrected chi connectivity index (χ2v) is 4.01. The Morgan fingerprint density at radius 1 is 1.41 bits per heavy atom. The van der Waals surface area contributed by atoms with Crippen molar-refractivity contribution in [3.05, 3.63) is 20.8 Å². The van der Waals surface area contributed by atoms with Crippen molar-refractivity contribution in [1.29, 1.82) is 0 Å². The zero-order chi connectivity index (χ0) is 11.8. The second kappa shape index (κ2) is 3.81. The highest BCUT2D eigenvalue weighted by molar-refractivity contribution is 5.67. The summed E-state index contributed by atoms with van der Waals surface area (Å²) in [5, 5.41) is 7.60. The first-order valence-electron chi connectivity index (χ1n) is 5.41. The average Bonchev–Trinajstić information content (AvgIpc) is 2.89. The first-order valence-corrected chi connectivity index (χ1v) is 5.41. The molecule has 3 heterocycles. The Bertz CT molecular complexity index is 648. The first kappa shape index (κ1) is 10.2. The molecule has 17 heavy (non-hydrogen) atoms. The van der Waals surface area contributed by atoms with Gasteiger partial charge in [-0.2, -0.15) is 0 Å². The van der Waals surface area contributed by atoms with Gasteiger partial charge in [-0.1, -0.05) is 5.21 Å². The van der Waals surface area contributed by atoms with E-state index in [0.717, 1.165) is 19.4 Å². The van der Waals surface area contributed by atoms with E-state index < -0.39 is 11.2 Å². The van der Waals surface area contributed by atoms with Gasteiger partial charge in [-0.05, 0) is 12.8 Å². The molecular weight excluding hydrogens is 226 g/mol. The van der Waals surface area contributed by atoms with Crippen molar-refractivity contribution in [2.45, 2.75) is 25.5 Å². The van der Waals surface area contributed by atoms with E-state index in [2.05, 4.69) is 20.3 Å². The third-order valence-corrected chi connectivity index (χ3v) is 2.81. The normalized spacial score (nSPS) is 20.1. The molecule has 0 saturated carbocycles. The van der Waals surface area contributed by atoms with E-state index in [1.54, 1.807) is 0 Å². The molecule has 1 aliphatic heterocycles. The van der Waals surface area contributed by atoms with Gasteiger partial charge in [0.1, 0.15) is 0 Å². The lowest BCUT2D eigenvalue weighted by atomic mass is 10.2. The van der Waals surface area contributed by atoms with E-state index in [4.69, 9.17) is 4.74 Å². The summed E-state index contributed by atoms with van der Waals surface area (Å²) in [5.74, 6) is 0. The van der Waals surface area contributed by atoms with Crippen LogP contribution in [0, 0.1) is 0 Å². The minimum Gasteiger partial charge on any atom is -0.376 e. The van der Waals surface area contributed by atoms with Crippen LogP contribution >= 0.6 is 0 Å². The number of aromatic amines is 2. The van der Waals surface area contributed by atoms with E-state index in [1.165, 1.54) is 4.68 Å². The molecule has 0 aromatic carbocycles. The van der Waals surface area contributed by atoms with Crippen LogP contribution in [0.25, 0.3) is 11.2 Å². The van der Waals surface area contributed by atoms with Crippen LogP contribution in [-0.4, -0.2) is 37.7 Å². The highest BCUT2D eigenvalue weighted by Crippen LogP contribution is 2.14. The van der Waals surface area contributed by atoms with Gasteiger partial charge < -0.3 is 4.74 Å². The summed E-state index contributed by atoms with van der Waals surface area (Å²) in [6, 6.07) is 0. The van der Waals surface area contributed by atoms with Crippen molar-refractivity contribution in [3.8, 4) is 0 Å². The Hall–Kier alpha value is -1.96. The molecule has 0 radical (unpaired) electrons. The number of nitrogens with one attached hydrogen (secondary N) is 2. The maximum absolute atomic E-state index is 11.4. The summed E-state index contributed by atoms with van der Waals surface area (Å²) < 4.78 is 6.97. The number of nitrogens with zero attached hydrogens (tertiary/aromatic N) is 3. The smallest absolute Gasteiger partial charge is 0.327 e. The van der Waals surface area contributed by atoms with Gasteiger partial charge in [-0.25, -0.2) is 9.48 Å². The van der Waals surface area contributed by atoms with Crippen LogP contribution in [-0.2, 0) is 11.3 Å². The molecule has 1 fully saturated rings. The summed E-state index contributed by atoms with van der Waals surface area (Å²) in [4.78, 5) is 27.2. The van der Waals surface area contributed by atoms with E-state index >= 15 is 0 Å². The van der Waals surface area contributed by atoms with E-state index in [9.17, 15) is 9.59 Å². The first-order chi connectivity index (χ1) is 8.24. The summed E-state index contributed by atoms with van der Waals surface area (Å²) >= 11 is 0. The Kier molecular flexibility index (Phi) is 2.29. The van der Waals surface area contributed by atoms with Crippen LogP contribution < -0.4 is 11.2 Å². The second-order valence-electron chi connectivity index (χ2n) is 4.01. The van der Waals surface area contributed by atoms with Crippen molar-refractivity contribution in [3.63, 3.8) is 0 Å². The van der Waals surface area contributed by atoms with Crippen molar-refractivity contribution in [1.82, 2.24) is 25.0 Å². The SMILES string of the molecule is O=c1[nH]c(=O)c2nnn(C[C@H]3CCCO3)c2[nH]1. The highest BCUT2D eigenvalue weighted by Gasteiger charge is 2.18. The monoisotopic (exact) mass is 237 g/mol. The topological polar surface area (TPSA) is 106 Å². The molecule has 8 heteroatoms. The van der Waals surface area contributed by atoms with Crippen LogP contribution in [0.2, 0.25) is 0 Å². The number of fused-ring (bicyclic) bond motifs is 1. The maximum Gasteiger partial charge on any atom is 0.327 e. The molecule has 0 spiro atoms. The molecule has 90 valence electrons. The number of rotatable bonds is 2. The molecule has 8 nitrogen and oxygen atoms in total. The summed E-state index contributed by atoms with van der Waals surface area (Å²) in [6.07, 6.45) is 2.05. The zero-order valence-electron chi connectivity index (χ0n) is 8.97. The molecule has 2 aromatic rings. The fourth-order valence-electron chi connectivity index (χ4n) is 2.00. The van der Waals surface area contributed by atoms with Gasteiger partial charge in [0.05, 0.1) is 12.6 Å². The van der Waals surface area contributed by atoms with Crippen molar-refractivity contribution in [2.24, 2.45) is 0 Å². The van der Waals surface area contributed by atoms with Crippen LogP contribution in [0.15, 0.2) is 9.59 Å². The highest BCUT2D eigenvalue weighted by atomic mass is 16.5. The zero-order valence-corrected chi connectivity index (χ0v) is 8.97.